The van der Waals surface area contributed by atoms with Crippen molar-refractivity contribution in [2.24, 2.45) is 4.99 Å². The van der Waals surface area contributed by atoms with Crippen molar-refractivity contribution in [1.29, 1.82) is 10.8 Å². The van der Waals surface area contributed by atoms with Crippen LogP contribution in [0.5, 0.6) is 0 Å². The van der Waals surface area contributed by atoms with Gasteiger partial charge in [0.25, 0.3) is 0 Å². The Morgan fingerprint density at radius 1 is 1.50 bits per heavy atom. The van der Waals surface area contributed by atoms with Crippen molar-refractivity contribution in [3.05, 3.63) is 11.8 Å². The number of carbonyl (C=O) groups is 1. The Kier molecular flexibility index (Phi) is 6.58. The molecule has 0 aromatic heterocycles. The van der Waals surface area contributed by atoms with E-state index in [1.54, 1.807) is 13.2 Å². The lowest BCUT2D eigenvalue weighted by molar-refractivity contribution is -0.138. The van der Waals surface area contributed by atoms with Gasteiger partial charge in [0.05, 0.1) is 12.3 Å². The van der Waals surface area contributed by atoms with Crippen molar-refractivity contribution in [3.8, 4) is 0 Å². The van der Waals surface area contributed by atoms with Crippen LogP contribution in [0.1, 0.15) is 12.8 Å². The maximum absolute atomic E-state index is 10.6. The van der Waals surface area contributed by atoms with E-state index in [4.69, 9.17) is 15.9 Å². The van der Waals surface area contributed by atoms with E-state index in [0.717, 1.165) is 32.1 Å². The van der Waals surface area contributed by atoms with Crippen LogP contribution in [0.25, 0.3) is 0 Å². The molecule has 0 amide bonds. The number of carboxylic acids is 1. The average molecular weight is 279 g/mol. The third-order valence-electron chi connectivity index (χ3n) is 3.15. The predicted molar refractivity (Wildman–Crippen MR) is 79.2 cm³/mol. The molecule has 0 aliphatic carbocycles. The number of hydrogen-bond donors (Lipinski definition) is 4. The molecular weight excluding hydrogens is 258 g/mol. The Balaban J connectivity index is 2.44. The largest absolute Gasteiger partial charge is 0.480 e. The molecule has 0 spiro atoms. The summed E-state index contributed by atoms with van der Waals surface area (Å²) in [6, 6.07) is 0.251. The van der Waals surface area contributed by atoms with E-state index in [0.29, 0.717) is 5.57 Å². The molecule has 1 aliphatic rings. The number of carboxylic acid groups (broad SMARTS) is 1. The Hall–Kier alpha value is -2.02. The second-order valence-electron chi connectivity index (χ2n) is 4.66. The van der Waals surface area contributed by atoms with Gasteiger partial charge in [0.15, 0.2) is 0 Å². The van der Waals surface area contributed by atoms with Gasteiger partial charge in [0.1, 0.15) is 0 Å². The van der Waals surface area contributed by atoms with E-state index in [1.165, 1.54) is 6.21 Å². The summed E-state index contributed by atoms with van der Waals surface area (Å²) in [5, 5.41) is 26.9. The quantitative estimate of drug-likeness (QED) is 0.504. The van der Waals surface area contributed by atoms with Crippen LogP contribution >= 0.6 is 0 Å². The van der Waals surface area contributed by atoms with Gasteiger partial charge >= 0.3 is 5.97 Å². The molecule has 1 heterocycles. The smallest absolute Gasteiger partial charge is 0.317 e. The van der Waals surface area contributed by atoms with E-state index < -0.39 is 5.97 Å². The number of nitrogens with one attached hydrogen (secondary N) is 3. The Bertz CT molecular complexity index is 422. The van der Waals surface area contributed by atoms with Crippen LogP contribution in [0.2, 0.25) is 0 Å². The fraction of sp³-hybridized carbons (Fsp3) is 0.538. The molecule has 1 saturated heterocycles. The first-order valence-electron chi connectivity index (χ1n) is 6.48. The number of likely N-dealkylation sites (tertiary alicyclic amines) is 1. The third kappa shape index (κ3) is 5.31. The first kappa shape index (κ1) is 16.0. The van der Waals surface area contributed by atoms with Crippen molar-refractivity contribution in [2.45, 2.75) is 18.9 Å². The van der Waals surface area contributed by atoms with Gasteiger partial charge in [0, 0.05) is 50.4 Å². The van der Waals surface area contributed by atoms with Gasteiger partial charge in [-0.3, -0.25) is 20.1 Å². The molecule has 7 heteroatoms. The lowest BCUT2D eigenvalue weighted by Gasteiger charge is -2.31. The number of hydrogen-bond acceptors (Lipinski definition) is 6. The molecule has 110 valence electrons. The van der Waals surface area contributed by atoms with Gasteiger partial charge in [0.2, 0.25) is 0 Å². The minimum Gasteiger partial charge on any atom is -0.480 e. The van der Waals surface area contributed by atoms with Crippen molar-refractivity contribution in [2.75, 3.05) is 26.7 Å². The highest BCUT2D eigenvalue weighted by Gasteiger charge is 2.19. The highest BCUT2D eigenvalue weighted by molar-refractivity contribution is 6.42. The second kappa shape index (κ2) is 8.21. The van der Waals surface area contributed by atoms with E-state index in [-0.39, 0.29) is 18.3 Å². The van der Waals surface area contributed by atoms with Crippen molar-refractivity contribution in [1.82, 2.24) is 10.2 Å². The highest BCUT2D eigenvalue weighted by Crippen LogP contribution is 2.10. The second-order valence-corrected chi connectivity index (χ2v) is 4.66. The zero-order chi connectivity index (χ0) is 15.0. The lowest BCUT2D eigenvalue weighted by Crippen LogP contribution is -2.43. The molecule has 0 bridgehead atoms. The first-order valence-corrected chi connectivity index (χ1v) is 6.48. The summed E-state index contributed by atoms with van der Waals surface area (Å²) in [6.45, 7) is 1.57. The zero-order valence-electron chi connectivity index (χ0n) is 11.6. The zero-order valence-corrected chi connectivity index (χ0v) is 11.6. The summed E-state index contributed by atoms with van der Waals surface area (Å²) in [7, 11) is 1.59. The maximum Gasteiger partial charge on any atom is 0.317 e. The number of piperidine rings is 1. The molecule has 0 aromatic rings. The molecule has 1 fully saturated rings. The van der Waals surface area contributed by atoms with Gasteiger partial charge in [-0.25, -0.2) is 0 Å². The number of aliphatic carboxylic acids is 1. The van der Waals surface area contributed by atoms with Crippen LogP contribution < -0.4 is 5.32 Å². The van der Waals surface area contributed by atoms with Crippen LogP contribution in [0.3, 0.4) is 0 Å². The molecule has 0 saturated carbocycles. The summed E-state index contributed by atoms with van der Waals surface area (Å²) < 4.78 is 0. The van der Waals surface area contributed by atoms with Crippen LogP contribution in [-0.4, -0.2) is 66.8 Å². The fourth-order valence-corrected chi connectivity index (χ4v) is 2.06. The van der Waals surface area contributed by atoms with E-state index >= 15 is 0 Å². The fourth-order valence-electron chi connectivity index (χ4n) is 2.06. The number of nitrogens with zero attached hydrogens (tertiary/aromatic N) is 2. The number of rotatable bonds is 7. The standard InChI is InChI=1S/C13H21N5O2/c1-16-8-12(15)10(6-14)7-17-11-2-4-18(5-3-11)9-13(19)20/h6-8,11,14-15,17H,2-5,9H2,1H3,(H,19,20)/b10-7+,14-6?,15-12?,16-8-. The summed E-state index contributed by atoms with van der Waals surface area (Å²) in [5.74, 6) is -0.797. The molecule has 1 aliphatic heterocycles. The summed E-state index contributed by atoms with van der Waals surface area (Å²) in [6.07, 6.45) is 5.88. The van der Waals surface area contributed by atoms with Crippen LogP contribution in [0.4, 0.5) is 0 Å². The Morgan fingerprint density at radius 2 is 2.15 bits per heavy atom. The molecule has 7 nitrogen and oxygen atoms in total. The Morgan fingerprint density at radius 3 is 2.65 bits per heavy atom. The molecule has 0 aromatic carbocycles. The van der Waals surface area contributed by atoms with Crippen molar-refractivity contribution in [3.63, 3.8) is 0 Å². The first-order chi connectivity index (χ1) is 9.56. The normalized spacial score (nSPS) is 18.1. The molecular formula is C13H21N5O2. The molecule has 0 radical (unpaired) electrons. The van der Waals surface area contributed by atoms with Crippen molar-refractivity contribution < 1.29 is 9.90 Å². The number of allylic oxidation sites excluding steroid dienone is 1. The summed E-state index contributed by atoms with van der Waals surface area (Å²) in [4.78, 5) is 16.3. The summed E-state index contributed by atoms with van der Waals surface area (Å²) >= 11 is 0. The van der Waals surface area contributed by atoms with Gasteiger partial charge in [-0.1, -0.05) is 0 Å². The van der Waals surface area contributed by atoms with Crippen LogP contribution in [-0.2, 0) is 4.79 Å². The van der Waals surface area contributed by atoms with Gasteiger partial charge in [-0.2, -0.15) is 0 Å². The van der Waals surface area contributed by atoms with E-state index in [1.807, 2.05) is 4.90 Å². The predicted octanol–water partition coefficient (Wildman–Crippen LogP) is 0.379. The third-order valence-corrected chi connectivity index (χ3v) is 3.15. The van der Waals surface area contributed by atoms with Crippen molar-refractivity contribution >= 4 is 24.1 Å². The monoisotopic (exact) mass is 279 g/mol. The van der Waals surface area contributed by atoms with Gasteiger partial charge in [-0.15, -0.1) is 0 Å². The van der Waals surface area contributed by atoms with Gasteiger partial charge < -0.3 is 15.8 Å². The SMILES string of the molecule is C/N=C\C(=N)/C(C=N)=C/NC1CCN(CC(=O)O)CC1. The molecule has 20 heavy (non-hydrogen) atoms. The van der Waals surface area contributed by atoms with Crippen LogP contribution in [0, 0.1) is 10.8 Å². The lowest BCUT2D eigenvalue weighted by atomic mass is 10.0. The molecule has 0 atom stereocenters. The molecule has 1 rings (SSSR count). The topological polar surface area (TPSA) is 113 Å². The number of aliphatic imine (C=N–C) groups is 1. The van der Waals surface area contributed by atoms with Crippen LogP contribution in [0.15, 0.2) is 16.8 Å². The molecule has 0 unspecified atom stereocenters. The minimum absolute atomic E-state index is 0.0892. The minimum atomic E-state index is -0.797. The van der Waals surface area contributed by atoms with Gasteiger partial charge in [-0.05, 0) is 12.8 Å². The molecule has 4 N–H and O–H groups in total. The Labute approximate surface area is 118 Å². The van der Waals surface area contributed by atoms with E-state index in [9.17, 15) is 4.79 Å². The maximum atomic E-state index is 10.6. The van der Waals surface area contributed by atoms with E-state index in [2.05, 4.69) is 10.3 Å². The summed E-state index contributed by atoms with van der Waals surface area (Å²) in [5.41, 5.74) is 0.668. The highest BCUT2D eigenvalue weighted by atomic mass is 16.4. The average Bonchev–Trinajstić information content (AvgIpc) is 2.41.